The van der Waals surface area contributed by atoms with Crippen molar-refractivity contribution in [1.82, 2.24) is 0 Å². The van der Waals surface area contributed by atoms with Crippen LogP contribution in [-0.4, -0.2) is 23.1 Å². The molecular weight excluding hydrogens is 148 g/mol. The molecule has 11 heavy (non-hydrogen) atoms. The summed E-state index contributed by atoms with van der Waals surface area (Å²) in [5.74, 6) is -2.03. The smallest absolute Gasteiger partial charge is 0.306 e. The molecule has 1 N–H and O–H groups in total. The van der Waals surface area contributed by atoms with Gasteiger partial charge in [-0.2, -0.15) is 0 Å². The topological polar surface area (TPSA) is 71.4 Å². The quantitative estimate of drug-likeness (QED) is 0.460. The maximum atomic E-state index is 10.7. The molecule has 0 radical (unpaired) electrons. The van der Waals surface area contributed by atoms with Gasteiger partial charge in [-0.25, -0.2) is 0 Å². The van der Waals surface area contributed by atoms with E-state index >= 15 is 0 Å². The van der Waals surface area contributed by atoms with Gasteiger partial charge in [0.2, 0.25) is 0 Å². The van der Waals surface area contributed by atoms with E-state index in [9.17, 15) is 14.4 Å². The molecule has 0 rings (SSSR count). The SMILES string of the molecule is CC(CC(=O)CC=O)C(=O)O. The number of aliphatic carboxylic acids is 1. The standard InChI is InChI=1S/C7H10O4/c1-5(7(10)11)4-6(9)2-3-8/h3,5H,2,4H2,1H3,(H,10,11). The highest BCUT2D eigenvalue weighted by Gasteiger charge is 2.14. The monoisotopic (exact) mass is 158 g/mol. The van der Waals surface area contributed by atoms with Gasteiger partial charge in [-0.3, -0.25) is 9.59 Å². The Morgan fingerprint density at radius 1 is 1.55 bits per heavy atom. The zero-order valence-electron chi connectivity index (χ0n) is 6.24. The van der Waals surface area contributed by atoms with Crippen molar-refractivity contribution in [2.24, 2.45) is 5.92 Å². The number of carbonyl (C=O) groups is 3. The van der Waals surface area contributed by atoms with Gasteiger partial charge in [0.05, 0.1) is 12.3 Å². The largest absolute Gasteiger partial charge is 0.481 e. The van der Waals surface area contributed by atoms with Gasteiger partial charge in [0.25, 0.3) is 0 Å². The van der Waals surface area contributed by atoms with Crippen LogP contribution in [0.5, 0.6) is 0 Å². The third-order valence-electron chi connectivity index (χ3n) is 1.27. The molecule has 0 aromatic heterocycles. The highest BCUT2D eigenvalue weighted by Crippen LogP contribution is 2.03. The van der Waals surface area contributed by atoms with Crippen LogP contribution in [0.1, 0.15) is 19.8 Å². The highest BCUT2D eigenvalue weighted by molar-refractivity contribution is 5.91. The Morgan fingerprint density at radius 3 is 2.45 bits per heavy atom. The number of carboxylic acid groups (broad SMARTS) is 1. The average molecular weight is 158 g/mol. The van der Waals surface area contributed by atoms with E-state index in [4.69, 9.17) is 5.11 Å². The van der Waals surface area contributed by atoms with E-state index in [1.165, 1.54) is 6.92 Å². The lowest BCUT2D eigenvalue weighted by atomic mass is 10.0. The summed E-state index contributed by atoms with van der Waals surface area (Å²) in [6.45, 7) is 1.44. The second kappa shape index (κ2) is 4.60. The number of Topliss-reactive ketones (excluding diaryl/α,β-unsaturated/α-hetero) is 1. The van der Waals surface area contributed by atoms with E-state index in [2.05, 4.69) is 0 Å². The summed E-state index contributed by atoms with van der Waals surface area (Å²) in [6.07, 6.45) is 0.239. The summed E-state index contributed by atoms with van der Waals surface area (Å²) < 4.78 is 0. The molecule has 1 atom stereocenters. The Morgan fingerprint density at radius 2 is 2.09 bits per heavy atom. The minimum absolute atomic E-state index is 0.0614. The molecule has 1 unspecified atom stereocenters. The van der Waals surface area contributed by atoms with Crippen molar-refractivity contribution in [2.75, 3.05) is 0 Å². The molecular formula is C7H10O4. The van der Waals surface area contributed by atoms with Crippen LogP contribution in [0, 0.1) is 5.92 Å². The number of hydrogen-bond donors (Lipinski definition) is 1. The zero-order valence-corrected chi connectivity index (χ0v) is 6.24. The Hall–Kier alpha value is -1.19. The molecule has 0 aliphatic rings. The molecule has 4 heteroatoms. The molecule has 0 saturated carbocycles. The molecule has 4 nitrogen and oxygen atoms in total. The van der Waals surface area contributed by atoms with Crippen molar-refractivity contribution < 1.29 is 19.5 Å². The van der Waals surface area contributed by atoms with E-state index in [1.807, 2.05) is 0 Å². The Bertz CT molecular complexity index is 173. The van der Waals surface area contributed by atoms with Crippen molar-refractivity contribution >= 4 is 18.0 Å². The molecule has 0 saturated heterocycles. The van der Waals surface area contributed by atoms with Crippen LogP contribution in [-0.2, 0) is 14.4 Å². The van der Waals surface area contributed by atoms with Crippen LogP contribution in [0.25, 0.3) is 0 Å². The third-order valence-corrected chi connectivity index (χ3v) is 1.27. The summed E-state index contributed by atoms with van der Waals surface area (Å²) in [5, 5.41) is 8.36. The first-order valence-corrected chi connectivity index (χ1v) is 3.26. The number of rotatable bonds is 5. The molecule has 0 amide bonds. The van der Waals surface area contributed by atoms with Crippen molar-refractivity contribution in [3.8, 4) is 0 Å². The Labute approximate surface area is 64.2 Å². The number of ketones is 1. The van der Waals surface area contributed by atoms with Gasteiger partial charge >= 0.3 is 5.97 Å². The first kappa shape index (κ1) is 9.81. The fourth-order valence-corrected chi connectivity index (χ4v) is 0.605. The Kier molecular flexibility index (Phi) is 4.10. The third kappa shape index (κ3) is 4.25. The van der Waals surface area contributed by atoms with Crippen LogP contribution in [0.15, 0.2) is 0 Å². The van der Waals surface area contributed by atoms with Crippen molar-refractivity contribution in [1.29, 1.82) is 0 Å². The van der Waals surface area contributed by atoms with Crippen LogP contribution in [0.3, 0.4) is 0 Å². The van der Waals surface area contributed by atoms with Gasteiger partial charge < -0.3 is 9.90 Å². The van der Waals surface area contributed by atoms with E-state index < -0.39 is 11.9 Å². The number of aldehydes is 1. The highest BCUT2D eigenvalue weighted by atomic mass is 16.4. The fraction of sp³-hybridized carbons (Fsp3) is 0.571. The molecule has 0 spiro atoms. The molecule has 0 aromatic carbocycles. The predicted molar refractivity (Wildman–Crippen MR) is 37.1 cm³/mol. The number of carbonyl (C=O) groups excluding carboxylic acids is 2. The van der Waals surface area contributed by atoms with E-state index in [-0.39, 0.29) is 18.6 Å². The van der Waals surface area contributed by atoms with Gasteiger partial charge in [-0.1, -0.05) is 6.92 Å². The average Bonchev–Trinajstić information content (AvgIpc) is 1.87. The molecule has 62 valence electrons. The van der Waals surface area contributed by atoms with Gasteiger partial charge in [-0.05, 0) is 0 Å². The number of hydrogen-bond acceptors (Lipinski definition) is 3. The maximum Gasteiger partial charge on any atom is 0.306 e. The lowest BCUT2D eigenvalue weighted by Crippen LogP contribution is -2.14. The van der Waals surface area contributed by atoms with E-state index in [1.54, 1.807) is 0 Å². The minimum Gasteiger partial charge on any atom is -0.481 e. The molecule has 0 aromatic rings. The molecule has 0 heterocycles. The second-order valence-electron chi connectivity index (χ2n) is 2.35. The van der Waals surface area contributed by atoms with E-state index in [0.717, 1.165) is 0 Å². The van der Waals surface area contributed by atoms with Crippen molar-refractivity contribution in [2.45, 2.75) is 19.8 Å². The van der Waals surface area contributed by atoms with Crippen LogP contribution >= 0.6 is 0 Å². The molecule has 0 bridgehead atoms. The molecule has 0 aliphatic carbocycles. The van der Waals surface area contributed by atoms with Crippen LogP contribution in [0.2, 0.25) is 0 Å². The van der Waals surface area contributed by atoms with Gasteiger partial charge in [0.15, 0.2) is 0 Å². The maximum absolute atomic E-state index is 10.7. The van der Waals surface area contributed by atoms with Gasteiger partial charge in [0.1, 0.15) is 12.1 Å². The second-order valence-corrected chi connectivity index (χ2v) is 2.35. The molecule has 0 fully saturated rings. The summed E-state index contributed by atoms with van der Waals surface area (Å²) in [6, 6.07) is 0. The normalized spacial score (nSPS) is 12.1. The summed E-state index contributed by atoms with van der Waals surface area (Å²) in [7, 11) is 0. The zero-order chi connectivity index (χ0) is 8.85. The lowest BCUT2D eigenvalue weighted by Gasteiger charge is -2.01. The number of carboxylic acids is 1. The van der Waals surface area contributed by atoms with Crippen molar-refractivity contribution in [3.05, 3.63) is 0 Å². The molecule has 0 aliphatic heterocycles. The Balaban J connectivity index is 3.74. The van der Waals surface area contributed by atoms with Crippen LogP contribution in [0.4, 0.5) is 0 Å². The predicted octanol–water partition coefficient (Wildman–Crippen LogP) is 0.255. The summed E-state index contributed by atoms with van der Waals surface area (Å²) in [4.78, 5) is 30.7. The minimum atomic E-state index is -1.01. The van der Waals surface area contributed by atoms with Crippen molar-refractivity contribution in [3.63, 3.8) is 0 Å². The van der Waals surface area contributed by atoms with Gasteiger partial charge in [0, 0.05) is 6.42 Å². The summed E-state index contributed by atoms with van der Waals surface area (Å²) >= 11 is 0. The van der Waals surface area contributed by atoms with Crippen LogP contribution < -0.4 is 0 Å². The first-order valence-electron chi connectivity index (χ1n) is 3.26. The summed E-state index contributed by atoms with van der Waals surface area (Å²) in [5.41, 5.74) is 0. The lowest BCUT2D eigenvalue weighted by molar-refractivity contribution is -0.143. The first-order chi connectivity index (χ1) is 5.07. The van der Waals surface area contributed by atoms with E-state index in [0.29, 0.717) is 6.29 Å². The fourth-order valence-electron chi connectivity index (χ4n) is 0.605. The van der Waals surface area contributed by atoms with Gasteiger partial charge in [-0.15, -0.1) is 0 Å².